The molecule has 1 aromatic rings. The molecule has 0 radical (unpaired) electrons. The molecule has 0 unspecified atom stereocenters. The Morgan fingerprint density at radius 3 is 2.15 bits per heavy atom. The molecule has 144 valence electrons. The molecule has 2 rings (SSSR count). The molecule has 0 bridgehead atoms. The molecule has 0 aromatic heterocycles. The second-order valence-corrected chi connectivity index (χ2v) is 8.97. The van der Waals surface area contributed by atoms with Gasteiger partial charge in [0.1, 0.15) is 0 Å². The first-order valence-corrected chi connectivity index (χ1v) is 9.31. The summed E-state index contributed by atoms with van der Waals surface area (Å²) < 4.78 is 17.6. The number of amides is 1. The smallest absolute Gasteiger partial charge is 0.409 e. The zero-order valence-electron chi connectivity index (χ0n) is 17.0. The molecule has 26 heavy (non-hydrogen) atoms. The van der Waals surface area contributed by atoms with E-state index in [1.807, 2.05) is 61.5 Å². The fraction of sp³-hybridized carbons (Fsp3) is 0.632. The van der Waals surface area contributed by atoms with Crippen molar-refractivity contribution in [3.05, 3.63) is 23.2 Å². The minimum absolute atomic E-state index is 0.319. The first-order valence-electron chi connectivity index (χ1n) is 8.93. The van der Waals surface area contributed by atoms with Crippen molar-refractivity contribution in [2.75, 3.05) is 6.54 Å². The Bertz CT molecular complexity index is 669. The number of carbonyl (C=O) groups is 1. The summed E-state index contributed by atoms with van der Waals surface area (Å²) >= 11 is 6.35. The van der Waals surface area contributed by atoms with Gasteiger partial charge in [-0.15, -0.1) is 0 Å². The van der Waals surface area contributed by atoms with E-state index in [9.17, 15) is 4.79 Å². The number of benzene rings is 1. The van der Waals surface area contributed by atoms with Gasteiger partial charge in [-0.25, -0.2) is 4.79 Å². The molecule has 1 heterocycles. The van der Waals surface area contributed by atoms with Gasteiger partial charge in [0.25, 0.3) is 0 Å². The highest BCUT2D eigenvalue weighted by molar-refractivity contribution is 6.62. The second-order valence-electron chi connectivity index (χ2n) is 8.56. The molecule has 1 saturated heterocycles. The van der Waals surface area contributed by atoms with Crippen LogP contribution in [0.25, 0.3) is 0 Å². The maximum absolute atomic E-state index is 12.4. The summed E-state index contributed by atoms with van der Waals surface area (Å²) in [6.07, 6.45) is -0.426. The Morgan fingerprint density at radius 2 is 1.73 bits per heavy atom. The van der Waals surface area contributed by atoms with Crippen LogP contribution in [0.3, 0.4) is 0 Å². The molecule has 0 aliphatic carbocycles. The fourth-order valence-corrected chi connectivity index (χ4v) is 2.98. The molecule has 0 saturated carbocycles. The maximum atomic E-state index is 12.4. The van der Waals surface area contributed by atoms with Gasteiger partial charge in [0.15, 0.2) is 5.75 Å². The molecule has 1 fully saturated rings. The van der Waals surface area contributed by atoms with Gasteiger partial charge in [-0.05, 0) is 73.0 Å². The summed E-state index contributed by atoms with van der Waals surface area (Å²) in [4.78, 5) is 14.1. The van der Waals surface area contributed by atoms with Gasteiger partial charge < -0.3 is 18.9 Å². The number of hydrogen-bond donors (Lipinski definition) is 0. The molecule has 0 N–H and O–H groups in total. The minimum atomic E-state index is -0.510. The van der Waals surface area contributed by atoms with Gasteiger partial charge in [0, 0.05) is 12.1 Å². The van der Waals surface area contributed by atoms with Crippen LogP contribution in [0.2, 0.25) is 5.02 Å². The number of nitrogens with zero attached hydrogens (tertiary/aromatic N) is 1. The van der Waals surface area contributed by atoms with Crippen molar-refractivity contribution in [1.82, 2.24) is 4.90 Å². The second kappa shape index (κ2) is 7.06. The van der Waals surface area contributed by atoms with Gasteiger partial charge in [-0.3, -0.25) is 0 Å². The van der Waals surface area contributed by atoms with E-state index in [-0.39, 0.29) is 5.54 Å². The highest BCUT2D eigenvalue weighted by Gasteiger charge is 2.51. The summed E-state index contributed by atoms with van der Waals surface area (Å²) in [5.74, 6) is 0.319. The topological polar surface area (TPSA) is 48.0 Å². The fourth-order valence-electron chi connectivity index (χ4n) is 2.75. The lowest BCUT2D eigenvalue weighted by Crippen LogP contribution is -2.46. The number of halogens is 1. The zero-order valence-corrected chi connectivity index (χ0v) is 17.7. The Morgan fingerprint density at radius 1 is 1.19 bits per heavy atom. The van der Waals surface area contributed by atoms with Crippen LogP contribution in [0.15, 0.2) is 18.2 Å². The SMILES string of the molecule is CCN(C(=O)Oc1ccc(B2OC(C)(C)C(C)(C)O2)cc1Cl)C(C)(C)C. The third-order valence-electron chi connectivity index (χ3n) is 5.02. The molecule has 1 aromatic carbocycles. The molecule has 5 nitrogen and oxygen atoms in total. The molecule has 1 aliphatic heterocycles. The van der Waals surface area contributed by atoms with Crippen LogP contribution >= 0.6 is 11.6 Å². The van der Waals surface area contributed by atoms with Crippen molar-refractivity contribution in [3.8, 4) is 5.75 Å². The van der Waals surface area contributed by atoms with Crippen molar-refractivity contribution in [3.63, 3.8) is 0 Å². The lowest BCUT2D eigenvalue weighted by Gasteiger charge is -2.33. The maximum Gasteiger partial charge on any atom is 0.494 e. The Balaban J connectivity index is 2.17. The van der Waals surface area contributed by atoms with Gasteiger partial charge in [0.2, 0.25) is 0 Å². The predicted molar refractivity (Wildman–Crippen MR) is 105 cm³/mol. The quantitative estimate of drug-likeness (QED) is 0.734. The first kappa shape index (κ1) is 21.1. The van der Waals surface area contributed by atoms with E-state index in [0.29, 0.717) is 17.3 Å². The number of carbonyl (C=O) groups excluding carboxylic acids is 1. The summed E-state index contributed by atoms with van der Waals surface area (Å²) in [7, 11) is -0.510. The summed E-state index contributed by atoms with van der Waals surface area (Å²) in [5, 5.41) is 0.343. The van der Waals surface area contributed by atoms with Crippen LogP contribution < -0.4 is 10.2 Å². The monoisotopic (exact) mass is 381 g/mol. The van der Waals surface area contributed by atoms with Crippen LogP contribution in [0.4, 0.5) is 4.79 Å². The van der Waals surface area contributed by atoms with E-state index in [0.717, 1.165) is 5.46 Å². The lowest BCUT2D eigenvalue weighted by molar-refractivity contribution is 0.00578. The predicted octanol–water partition coefficient (Wildman–Crippen LogP) is 4.26. The van der Waals surface area contributed by atoms with Crippen molar-refractivity contribution < 1.29 is 18.8 Å². The normalized spacial score (nSPS) is 18.7. The van der Waals surface area contributed by atoms with Gasteiger partial charge in [-0.2, -0.15) is 0 Å². The van der Waals surface area contributed by atoms with Crippen LogP contribution in [0.5, 0.6) is 5.75 Å². The Labute approximate surface area is 162 Å². The average Bonchev–Trinajstić information content (AvgIpc) is 2.68. The van der Waals surface area contributed by atoms with E-state index in [4.69, 9.17) is 25.6 Å². The molecular weight excluding hydrogens is 352 g/mol. The van der Waals surface area contributed by atoms with Crippen molar-refractivity contribution in [2.24, 2.45) is 0 Å². The van der Waals surface area contributed by atoms with Crippen LogP contribution in [-0.2, 0) is 9.31 Å². The number of ether oxygens (including phenoxy) is 1. The standard InChI is InChI=1S/C19H29BClNO4/c1-9-22(17(2,3)4)16(23)24-15-11-10-13(12-14(15)21)20-25-18(5,6)19(7,8)26-20/h10-12H,9H2,1-8H3. The first-order chi connectivity index (χ1) is 11.8. The molecule has 0 spiro atoms. The van der Waals surface area contributed by atoms with Crippen LogP contribution in [-0.4, -0.2) is 41.4 Å². The number of rotatable bonds is 3. The highest BCUT2D eigenvalue weighted by Crippen LogP contribution is 2.37. The van der Waals surface area contributed by atoms with Gasteiger partial charge in [0.05, 0.1) is 16.2 Å². The van der Waals surface area contributed by atoms with E-state index < -0.39 is 24.4 Å². The average molecular weight is 382 g/mol. The van der Waals surface area contributed by atoms with E-state index in [1.54, 1.807) is 17.0 Å². The summed E-state index contributed by atoms with van der Waals surface area (Å²) in [6, 6.07) is 5.21. The van der Waals surface area contributed by atoms with E-state index in [1.165, 1.54) is 0 Å². The van der Waals surface area contributed by atoms with Crippen LogP contribution in [0, 0.1) is 0 Å². The summed E-state index contributed by atoms with van der Waals surface area (Å²) in [5.41, 5.74) is -0.398. The minimum Gasteiger partial charge on any atom is -0.409 e. The van der Waals surface area contributed by atoms with E-state index in [2.05, 4.69) is 0 Å². The molecule has 1 aliphatic rings. The number of hydrogen-bond acceptors (Lipinski definition) is 4. The van der Waals surface area contributed by atoms with Crippen LogP contribution in [0.1, 0.15) is 55.4 Å². The Hall–Kier alpha value is -1.24. The van der Waals surface area contributed by atoms with Crippen molar-refractivity contribution in [2.45, 2.75) is 72.1 Å². The Kier molecular flexibility index (Phi) is 5.72. The highest BCUT2D eigenvalue weighted by atomic mass is 35.5. The molecular formula is C19H29BClNO4. The van der Waals surface area contributed by atoms with Gasteiger partial charge in [-0.1, -0.05) is 17.7 Å². The lowest BCUT2D eigenvalue weighted by atomic mass is 9.79. The third-order valence-corrected chi connectivity index (χ3v) is 5.32. The molecule has 7 heteroatoms. The van der Waals surface area contributed by atoms with Crippen molar-refractivity contribution >= 4 is 30.3 Å². The molecule has 1 amide bonds. The summed E-state index contributed by atoms with van der Waals surface area (Å²) in [6.45, 7) is 16.3. The zero-order chi connectivity index (χ0) is 19.9. The van der Waals surface area contributed by atoms with E-state index >= 15 is 0 Å². The largest absolute Gasteiger partial charge is 0.494 e. The third kappa shape index (κ3) is 4.18. The van der Waals surface area contributed by atoms with Crippen molar-refractivity contribution in [1.29, 1.82) is 0 Å². The van der Waals surface area contributed by atoms with Gasteiger partial charge >= 0.3 is 13.2 Å². The molecule has 0 atom stereocenters.